The van der Waals surface area contributed by atoms with E-state index in [-0.39, 0.29) is 32.6 Å². The molecule has 8 rings (SSSR count). The summed E-state index contributed by atoms with van der Waals surface area (Å²) in [6.45, 7) is 19.6. The quantitative estimate of drug-likeness (QED) is 0.299. The van der Waals surface area contributed by atoms with Gasteiger partial charge < -0.3 is 10.4 Å². The van der Waals surface area contributed by atoms with Crippen molar-refractivity contribution in [3.8, 4) is 0 Å². The Hall–Kier alpha value is -3.21. The predicted molar refractivity (Wildman–Crippen MR) is 199 cm³/mol. The molecule has 9 atom stereocenters. The molecule has 50 heavy (non-hydrogen) atoms. The largest absolute Gasteiger partial charge is 0.478 e. The second-order valence-electron chi connectivity index (χ2n) is 19.0. The predicted octanol–water partition coefficient (Wildman–Crippen LogP) is 10.2. The molecule has 5 saturated carbocycles. The van der Waals surface area contributed by atoms with Gasteiger partial charge >= 0.3 is 5.97 Å². The molecular formula is C45H58N2O3. The van der Waals surface area contributed by atoms with E-state index in [1.807, 2.05) is 30.5 Å². The Morgan fingerprint density at radius 2 is 1.58 bits per heavy atom. The lowest BCUT2D eigenvalue weighted by molar-refractivity contribution is -0.225. The number of amides is 1. The number of aromatic carboxylic acids is 1. The number of carboxylic acid groups (broad SMARTS) is 1. The highest BCUT2D eigenvalue weighted by Gasteiger charge is 2.72. The number of nitrogens with one attached hydrogen (secondary N) is 1. The zero-order valence-corrected chi connectivity index (χ0v) is 31.3. The van der Waals surface area contributed by atoms with Crippen LogP contribution in [0.3, 0.4) is 0 Å². The minimum Gasteiger partial charge on any atom is -0.478 e. The van der Waals surface area contributed by atoms with Gasteiger partial charge in [-0.3, -0.25) is 9.78 Å². The van der Waals surface area contributed by atoms with Crippen LogP contribution in [0.25, 0.3) is 5.57 Å². The number of allylic oxidation sites excluding steroid dienone is 3. The van der Waals surface area contributed by atoms with Gasteiger partial charge in [0.25, 0.3) is 0 Å². The number of carbonyl (C=O) groups excluding carboxylic acids is 1. The fourth-order valence-corrected chi connectivity index (χ4v) is 14.0. The summed E-state index contributed by atoms with van der Waals surface area (Å²) >= 11 is 0. The summed E-state index contributed by atoms with van der Waals surface area (Å²) < 4.78 is 0. The first-order valence-corrected chi connectivity index (χ1v) is 19.6. The molecule has 0 aliphatic heterocycles. The van der Waals surface area contributed by atoms with E-state index in [4.69, 9.17) is 4.98 Å². The summed E-state index contributed by atoms with van der Waals surface area (Å²) in [4.78, 5) is 31.1. The summed E-state index contributed by atoms with van der Waals surface area (Å²) in [5.41, 5.74) is 5.07. The number of hydrogen-bond donors (Lipinski definition) is 2. The van der Waals surface area contributed by atoms with Crippen LogP contribution in [0.2, 0.25) is 0 Å². The molecule has 0 unspecified atom stereocenters. The number of aromatic nitrogens is 1. The lowest BCUT2D eigenvalue weighted by Gasteiger charge is -2.72. The Morgan fingerprint density at radius 3 is 2.22 bits per heavy atom. The first kappa shape index (κ1) is 33.9. The first-order valence-electron chi connectivity index (χ1n) is 19.6. The monoisotopic (exact) mass is 674 g/mol. The third-order valence-corrected chi connectivity index (χ3v) is 16.8. The summed E-state index contributed by atoms with van der Waals surface area (Å²) in [5, 5.41) is 13.2. The molecule has 1 aromatic carbocycles. The van der Waals surface area contributed by atoms with Gasteiger partial charge in [-0.2, -0.15) is 0 Å². The number of rotatable bonds is 6. The molecule has 1 aromatic heterocycles. The topological polar surface area (TPSA) is 79.3 Å². The number of carbonyl (C=O) groups is 2. The molecule has 266 valence electrons. The van der Waals surface area contributed by atoms with Crippen LogP contribution >= 0.6 is 0 Å². The molecule has 2 N–H and O–H groups in total. The molecule has 6 aliphatic rings. The van der Waals surface area contributed by atoms with Crippen LogP contribution < -0.4 is 5.32 Å². The van der Waals surface area contributed by atoms with Crippen LogP contribution in [0.4, 0.5) is 0 Å². The van der Waals surface area contributed by atoms with Gasteiger partial charge in [0.05, 0.1) is 22.2 Å². The summed E-state index contributed by atoms with van der Waals surface area (Å²) in [6.07, 6.45) is 16.4. The van der Waals surface area contributed by atoms with E-state index < -0.39 is 5.97 Å². The van der Waals surface area contributed by atoms with E-state index in [1.54, 1.807) is 12.1 Å². The van der Waals surface area contributed by atoms with Crippen LogP contribution in [0.15, 0.2) is 66.9 Å². The number of pyridine rings is 1. The van der Waals surface area contributed by atoms with Gasteiger partial charge in [0.2, 0.25) is 5.91 Å². The van der Waals surface area contributed by atoms with Crippen molar-refractivity contribution in [2.75, 3.05) is 0 Å². The van der Waals surface area contributed by atoms with Crippen LogP contribution in [0.5, 0.6) is 0 Å². The minimum atomic E-state index is -0.874. The van der Waals surface area contributed by atoms with Gasteiger partial charge in [0.15, 0.2) is 0 Å². The molecule has 5 nitrogen and oxygen atoms in total. The summed E-state index contributed by atoms with van der Waals surface area (Å²) in [6, 6.07) is 13.7. The highest BCUT2D eigenvalue weighted by atomic mass is 16.4. The van der Waals surface area contributed by atoms with E-state index in [0.29, 0.717) is 41.1 Å². The molecule has 0 spiro atoms. The van der Waals surface area contributed by atoms with Gasteiger partial charge in [-0.25, -0.2) is 4.79 Å². The van der Waals surface area contributed by atoms with Crippen molar-refractivity contribution < 1.29 is 14.7 Å². The lowest BCUT2D eigenvalue weighted by Crippen LogP contribution is -2.66. The van der Waals surface area contributed by atoms with Crippen molar-refractivity contribution in [1.82, 2.24) is 10.3 Å². The maximum absolute atomic E-state index is 14.8. The molecule has 2 aromatic rings. The average molecular weight is 675 g/mol. The molecular weight excluding hydrogens is 617 g/mol. The van der Waals surface area contributed by atoms with E-state index in [0.717, 1.165) is 56.2 Å². The molecule has 5 fully saturated rings. The third kappa shape index (κ3) is 4.52. The smallest absolute Gasteiger partial charge is 0.335 e. The van der Waals surface area contributed by atoms with Crippen molar-refractivity contribution in [2.45, 2.75) is 118 Å². The second-order valence-corrected chi connectivity index (χ2v) is 19.0. The van der Waals surface area contributed by atoms with E-state index in [1.165, 1.54) is 36.8 Å². The van der Waals surface area contributed by atoms with Crippen molar-refractivity contribution in [2.24, 2.45) is 56.7 Å². The van der Waals surface area contributed by atoms with Crippen LogP contribution in [0, 0.1) is 56.7 Å². The molecule has 5 heteroatoms. The summed E-state index contributed by atoms with van der Waals surface area (Å²) in [5.74, 6) is 1.83. The van der Waals surface area contributed by atoms with Crippen LogP contribution in [-0.4, -0.2) is 22.0 Å². The van der Waals surface area contributed by atoms with Gasteiger partial charge in [-0.1, -0.05) is 71.0 Å². The Bertz CT molecular complexity index is 1760. The van der Waals surface area contributed by atoms with Crippen molar-refractivity contribution in [3.63, 3.8) is 0 Å². The number of benzene rings is 1. The fourth-order valence-electron chi connectivity index (χ4n) is 14.0. The van der Waals surface area contributed by atoms with Gasteiger partial charge in [0, 0.05) is 6.20 Å². The number of carboxylic acids is 1. The van der Waals surface area contributed by atoms with Gasteiger partial charge in [-0.15, -0.1) is 0 Å². The van der Waals surface area contributed by atoms with Crippen LogP contribution in [0.1, 0.15) is 134 Å². The Kier molecular flexibility index (Phi) is 7.56. The van der Waals surface area contributed by atoms with Crippen molar-refractivity contribution in [1.29, 1.82) is 0 Å². The zero-order chi connectivity index (χ0) is 35.5. The fraction of sp³-hybridized carbons (Fsp3) is 0.622. The van der Waals surface area contributed by atoms with E-state index in [2.05, 4.69) is 65.6 Å². The van der Waals surface area contributed by atoms with Gasteiger partial charge in [-0.05, 0) is 164 Å². The number of fused-ring (bicyclic) bond motifs is 7. The van der Waals surface area contributed by atoms with E-state index >= 15 is 0 Å². The normalized spacial score (nSPS) is 40.6. The molecule has 1 amide bonds. The highest BCUT2D eigenvalue weighted by molar-refractivity contribution is 5.88. The Morgan fingerprint density at radius 1 is 0.840 bits per heavy atom. The molecule has 1 heterocycles. The Balaban J connectivity index is 1.12. The molecule has 0 saturated heterocycles. The standard InChI is InChI=1S/C45H58N2O3/c1-28(2)31-17-22-44(39(50)47-45(25-26-45)36-10-8-9-27-46-36)24-23-42(6)33(37(31)44)15-16-35-41(5)20-18-32(29-11-13-30(14-12-29)38(48)49)40(3,4)34(41)19-21-43(35,42)7/h8-14,18,27,31,33-35,37H,1,15-17,19-26H2,2-7H3,(H,47,50)(H,48,49)/t31-,33+,34-,35+,37+,41-,42+,43+,44-/m0/s1. The van der Waals surface area contributed by atoms with E-state index in [9.17, 15) is 14.7 Å². The first-order chi connectivity index (χ1) is 23.6. The number of hydrogen-bond acceptors (Lipinski definition) is 3. The maximum atomic E-state index is 14.8. The maximum Gasteiger partial charge on any atom is 0.335 e. The summed E-state index contributed by atoms with van der Waals surface area (Å²) in [7, 11) is 0. The van der Waals surface area contributed by atoms with Crippen LogP contribution in [-0.2, 0) is 10.3 Å². The molecule has 0 radical (unpaired) electrons. The van der Waals surface area contributed by atoms with Gasteiger partial charge in [0.1, 0.15) is 0 Å². The molecule has 6 aliphatic carbocycles. The molecule has 0 bridgehead atoms. The lowest BCUT2D eigenvalue weighted by atomic mass is 9.32. The third-order valence-electron chi connectivity index (χ3n) is 16.8. The number of nitrogens with zero attached hydrogens (tertiary/aromatic N) is 1. The SMILES string of the molecule is C=C(C)[C@@H]1CC[C@]2(C(=O)NC3(c4ccccn4)CC3)CC[C@]3(C)[C@H](CC[C@@H]4[C@@]5(C)CC=C(c6ccc(C(=O)O)cc6)C(C)(C)[C@@H]5CC[C@]43C)[C@@H]12. The zero-order valence-electron chi connectivity index (χ0n) is 31.3. The average Bonchev–Trinajstić information content (AvgIpc) is 3.75. The van der Waals surface area contributed by atoms with Crippen molar-refractivity contribution >= 4 is 17.4 Å². The Labute approximate surface area is 299 Å². The minimum absolute atomic E-state index is 0.0144. The highest BCUT2D eigenvalue weighted by Crippen LogP contribution is 2.78. The van der Waals surface area contributed by atoms with Crippen molar-refractivity contribution in [3.05, 3.63) is 83.7 Å². The second kappa shape index (κ2) is 11.1.